The number of carbonyl (C=O) groups excluding carboxylic acids is 1. The molecule has 0 atom stereocenters. The van der Waals surface area contributed by atoms with Crippen molar-refractivity contribution in [3.05, 3.63) is 59.7 Å². The van der Waals surface area contributed by atoms with E-state index in [1.165, 1.54) is 0 Å². The second-order valence-electron chi connectivity index (χ2n) is 6.75. The molecule has 0 aliphatic heterocycles. The molecular weight excluding hydrogens is 312 g/mol. The molecule has 0 saturated carbocycles. The lowest BCUT2D eigenvalue weighted by Crippen LogP contribution is -2.31. The molecule has 0 heterocycles. The Morgan fingerprint density at radius 2 is 1.64 bits per heavy atom. The quantitative estimate of drug-likeness (QED) is 0.766. The predicted octanol–water partition coefficient (Wildman–Crippen LogP) is 3.91. The van der Waals surface area contributed by atoms with Gasteiger partial charge in [0.1, 0.15) is 5.75 Å². The molecule has 1 amide bonds. The Kier molecular flexibility index (Phi) is 6.45. The summed E-state index contributed by atoms with van der Waals surface area (Å²) in [5.41, 5.74) is 3.36. The molecule has 134 valence electrons. The fourth-order valence-corrected chi connectivity index (χ4v) is 2.76. The number of hydrogen-bond acceptors (Lipinski definition) is 3. The molecule has 2 rings (SSSR count). The highest BCUT2D eigenvalue weighted by Gasteiger charge is 2.14. The molecule has 0 aliphatic rings. The highest BCUT2D eigenvalue weighted by atomic mass is 16.5. The average molecular weight is 340 g/mol. The summed E-state index contributed by atoms with van der Waals surface area (Å²) in [6.07, 6.45) is 0. The number of rotatable bonds is 7. The van der Waals surface area contributed by atoms with Crippen LogP contribution in [-0.2, 0) is 11.3 Å². The minimum absolute atomic E-state index is 0.0351. The zero-order valence-corrected chi connectivity index (χ0v) is 15.8. The first-order chi connectivity index (χ1) is 11.9. The highest BCUT2D eigenvalue weighted by molar-refractivity contribution is 5.77. The van der Waals surface area contributed by atoms with Gasteiger partial charge < -0.3 is 14.5 Å². The second-order valence-corrected chi connectivity index (χ2v) is 6.75. The Hall–Kier alpha value is -2.49. The maximum absolute atomic E-state index is 12.5. The van der Waals surface area contributed by atoms with E-state index in [0.29, 0.717) is 12.5 Å². The molecule has 4 nitrogen and oxygen atoms in total. The molecular formula is C21H28N2O2. The van der Waals surface area contributed by atoms with Gasteiger partial charge in [0, 0.05) is 33.4 Å². The van der Waals surface area contributed by atoms with E-state index < -0.39 is 0 Å². The first kappa shape index (κ1) is 18.8. The van der Waals surface area contributed by atoms with Crippen LogP contribution in [0.2, 0.25) is 0 Å². The predicted molar refractivity (Wildman–Crippen MR) is 103 cm³/mol. The van der Waals surface area contributed by atoms with Gasteiger partial charge in [0.2, 0.25) is 0 Å². The van der Waals surface area contributed by atoms with Crippen LogP contribution in [0, 0.1) is 0 Å². The molecule has 25 heavy (non-hydrogen) atoms. The van der Waals surface area contributed by atoms with Crippen LogP contribution in [0.3, 0.4) is 0 Å². The molecule has 0 bridgehead atoms. The lowest BCUT2D eigenvalue weighted by Gasteiger charge is -2.22. The van der Waals surface area contributed by atoms with Crippen LogP contribution in [0.1, 0.15) is 30.9 Å². The van der Waals surface area contributed by atoms with Crippen molar-refractivity contribution < 1.29 is 9.53 Å². The van der Waals surface area contributed by atoms with Crippen LogP contribution < -0.4 is 9.64 Å². The number of carbonyl (C=O) groups is 1. The zero-order valence-electron chi connectivity index (χ0n) is 15.8. The van der Waals surface area contributed by atoms with Gasteiger partial charge in [-0.15, -0.1) is 0 Å². The zero-order chi connectivity index (χ0) is 18.4. The number of ether oxygens (including phenoxy) is 1. The van der Waals surface area contributed by atoms with E-state index in [2.05, 4.69) is 24.8 Å². The average Bonchev–Trinajstić information content (AvgIpc) is 2.60. The maximum atomic E-state index is 12.5. The summed E-state index contributed by atoms with van der Waals surface area (Å²) >= 11 is 0. The molecule has 0 N–H and O–H groups in total. The van der Waals surface area contributed by atoms with Crippen LogP contribution in [0.25, 0.3) is 0 Å². The Balaban J connectivity index is 2.00. The molecule has 0 unspecified atom stereocenters. The van der Waals surface area contributed by atoms with E-state index >= 15 is 0 Å². The number of para-hydroxylation sites is 2. The standard InChI is InChI=1S/C21H28N2O2/c1-16(2)18-11-7-9-13-20(18)25-15-21(24)23(5)14-17-10-6-8-12-19(17)22(3)4/h6-13,16H,14-15H2,1-5H3. The molecule has 0 aromatic heterocycles. The number of nitrogens with zero attached hydrogens (tertiary/aromatic N) is 2. The summed E-state index contributed by atoms with van der Waals surface area (Å²) in [6.45, 7) is 4.84. The highest BCUT2D eigenvalue weighted by Crippen LogP contribution is 2.26. The molecule has 0 saturated heterocycles. The molecule has 0 spiro atoms. The molecule has 0 aliphatic carbocycles. The summed E-state index contributed by atoms with van der Waals surface area (Å²) in [4.78, 5) is 16.2. The van der Waals surface area contributed by atoms with Crippen molar-refractivity contribution in [2.24, 2.45) is 0 Å². The molecule has 0 fully saturated rings. The maximum Gasteiger partial charge on any atom is 0.260 e. The van der Waals surface area contributed by atoms with E-state index in [4.69, 9.17) is 4.74 Å². The Bertz CT molecular complexity index is 711. The number of hydrogen-bond donors (Lipinski definition) is 0. The van der Waals surface area contributed by atoms with E-state index in [9.17, 15) is 4.79 Å². The van der Waals surface area contributed by atoms with Gasteiger partial charge in [-0.1, -0.05) is 50.2 Å². The van der Waals surface area contributed by atoms with Crippen molar-refractivity contribution in [1.29, 1.82) is 0 Å². The van der Waals surface area contributed by atoms with Gasteiger partial charge in [0.25, 0.3) is 5.91 Å². The number of benzene rings is 2. The van der Waals surface area contributed by atoms with Crippen molar-refractivity contribution >= 4 is 11.6 Å². The van der Waals surface area contributed by atoms with E-state index in [-0.39, 0.29) is 12.5 Å². The third-order valence-electron chi connectivity index (χ3n) is 4.20. The van der Waals surface area contributed by atoms with Gasteiger partial charge in [-0.2, -0.15) is 0 Å². The van der Waals surface area contributed by atoms with Gasteiger partial charge in [-0.05, 0) is 29.2 Å². The van der Waals surface area contributed by atoms with E-state index in [0.717, 1.165) is 22.6 Å². The van der Waals surface area contributed by atoms with Crippen LogP contribution in [-0.4, -0.2) is 38.6 Å². The van der Waals surface area contributed by atoms with Crippen molar-refractivity contribution in [3.8, 4) is 5.75 Å². The van der Waals surface area contributed by atoms with Crippen LogP contribution in [0.4, 0.5) is 5.69 Å². The van der Waals surface area contributed by atoms with Gasteiger partial charge in [-0.25, -0.2) is 0 Å². The Morgan fingerprint density at radius 1 is 1.00 bits per heavy atom. The normalized spacial score (nSPS) is 10.6. The third-order valence-corrected chi connectivity index (χ3v) is 4.20. The van der Waals surface area contributed by atoms with Crippen molar-refractivity contribution in [2.75, 3.05) is 32.6 Å². The van der Waals surface area contributed by atoms with Crippen LogP contribution >= 0.6 is 0 Å². The summed E-state index contributed by atoms with van der Waals surface area (Å²) < 4.78 is 5.80. The lowest BCUT2D eigenvalue weighted by molar-refractivity contribution is -0.132. The minimum atomic E-state index is -0.0351. The molecule has 4 heteroatoms. The molecule has 0 radical (unpaired) electrons. The van der Waals surface area contributed by atoms with Crippen LogP contribution in [0.5, 0.6) is 5.75 Å². The molecule has 2 aromatic carbocycles. The molecule has 2 aromatic rings. The minimum Gasteiger partial charge on any atom is -0.483 e. The Labute approximate surface area is 151 Å². The van der Waals surface area contributed by atoms with Crippen LogP contribution in [0.15, 0.2) is 48.5 Å². The largest absolute Gasteiger partial charge is 0.483 e. The number of amides is 1. The lowest BCUT2D eigenvalue weighted by atomic mass is 10.0. The smallest absolute Gasteiger partial charge is 0.260 e. The second kappa shape index (κ2) is 8.56. The van der Waals surface area contributed by atoms with Crippen molar-refractivity contribution in [3.63, 3.8) is 0 Å². The first-order valence-electron chi connectivity index (χ1n) is 8.61. The van der Waals surface area contributed by atoms with Gasteiger partial charge >= 0.3 is 0 Å². The SMILES string of the molecule is CC(C)c1ccccc1OCC(=O)N(C)Cc1ccccc1N(C)C. The van der Waals surface area contributed by atoms with E-state index in [1.807, 2.05) is 63.6 Å². The number of anilines is 1. The fourth-order valence-electron chi connectivity index (χ4n) is 2.76. The summed E-state index contributed by atoms with van der Waals surface area (Å²) in [6, 6.07) is 16.0. The first-order valence-corrected chi connectivity index (χ1v) is 8.61. The topological polar surface area (TPSA) is 32.8 Å². The third kappa shape index (κ3) is 4.99. The van der Waals surface area contributed by atoms with Gasteiger partial charge in [0.05, 0.1) is 0 Å². The summed E-state index contributed by atoms with van der Waals surface area (Å²) in [5, 5.41) is 0. The van der Waals surface area contributed by atoms with Crippen molar-refractivity contribution in [1.82, 2.24) is 4.90 Å². The summed E-state index contributed by atoms with van der Waals surface area (Å²) in [5.74, 6) is 1.11. The van der Waals surface area contributed by atoms with E-state index in [1.54, 1.807) is 4.90 Å². The van der Waals surface area contributed by atoms with Gasteiger partial charge in [-0.3, -0.25) is 4.79 Å². The summed E-state index contributed by atoms with van der Waals surface area (Å²) in [7, 11) is 5.83. The monoisotopic (exact) mass is 340 g/mol. The van der Waals surface area contributed by atoms with Crippen molar-refractivity contribution in [2.45, 2.75) is 26.3 Å². The fraction of sp³-hybridized carbons (Fsp3) is 0.381. The Morgan fingerprint density at radius 3 is 2.32 bits per heavy atom. The number of likely N-dealkylation sites (N-methyl/N-ethyl adjacent to an activating group) is 1. The van der Waals surface area contributed by atoms with Gasteiger partial charge in [0.15, 0.2) is 6.61 Å².